The lowest BCUT2D eigenvalue weighted by Crippen LogP contribution is -2.24. The Hall–Kier alpha value is -2.58. The summed E-state index contributed by atoms with van der Waals surface area (Å²) in [7, 11) is 0. The van der Waals surface area contributed by atoms with Crippen molar-refractivity contribution < 1.29 is 9.53 Å². The van der Waals surface area contributed by atoms with Crippen LogP contribution in [0.2, 0.25) is 0 Å². The molecule has 1 atom stereocenters. The van der Waals surface area contributed by atoms with Crippen LogP contribution in [0.15, 0.2) is 41.3 Å². The first-order valence-electron chi connectivity index (χ1n) is 9.39. The number of benzene rings is 1. The van der Waals surface area contributed by atoms with Gasteiger partial charge in [0.05, 0.1) is 28.1 Å². The van der Waals surface area contributed by atoms with Gasteiger partial charge >= 0.3 is 0 Å². The molecular formula is C20H20N4O3S. The minimum absolute atomic E-state index is 0.0956. The molecule has 3 aromatic rings. The number of aromatic nitrogens is 3. The number of hydrogen-bond donors (Lipinski definition) is 2. The van der Waals surface area contributed by atoms with Crippen LogP contribution in [0.3, 0.4) is 0 Å². The number of H-pyrrole nitrogens is 1. The SMILES string of the molecule is O=C1CS[C@@H](c2cccc3cccnc23)c2c(n(C3CCOCC3)[nH]c2=O)N1. The fourth-order valence-corrected chi connectivity index (χ4v) is 5.19. The zero-order valence-corrected chi connectivity index (χ0v) is 16.0. The number of pyridine rings is 1. The molecule has 28 heavy (non-hydrogen) atoms. The molecule has 4 heterocycles. The summed E-state index contributed by atoms with van der Waals surface area (Å²) in [6.45, 7) is 1.30. The topological polar surface area (TPSA) is 89.0 Å². The Kier molecular flexibility index (Phi) is 4.44. The standard InChI is InChI=1S/C20H20N4O3S/c25-15-11-28-18(14-5-1-3-12-4-2-8-21-17(12)14)16-19(22-15)24(23-20(16)26)13-6-9-27-10-7-13/h1-5,8,13,18H,6-7,9-11H2,(H,22,25)(H,23,26)/t18-/m0/s1. The molecule has 1 amide bonds. The van der Waals surface area contributed by atoms with E-state index in [4.69, 9.17) is 4.74 Å². The number of ether oxygens (including phenoxy) is 1. The van der Waals surface area contributed by atoms with Crippen molar-refractivity contribution in [3.8, 4) is 0 Å². The van der Waals surface area contributed by atoms with Gasteiger partial charge in [-0.1, -0.05) is 24.3 Å². The molecule has 2 aliphatic heterocycles. The molecule has 144 valence electrons. The van der Waals surface area contributed by atoms with E-state index >= 15 is 0 Å². The average molecular weight is 396 g/mol. The third-order valence-corrected chi connectivity index (χ3v) is 6.62. The molecule has 5 rings (SSSR count). The normalized spacial score (nSPS) is 20.6. The van der Waals surface area contributed by atoms with Crippen molar-refractivity contribution in [3.05, 3.63) is 58.0 Å². The van der Waals surface area contributed by atoms with Crippen molar-refractivity contribution in [1.29, 1.82) is 0 Å². The number of fused-ring (bicyclic) bond motifs is 2. The van der Waals surface area contributed by atoms with Gasteiger partial charge in [-0.25, -0.2) is 0 Å². The van der Waals surface area contributed by atoms with E-state index in [1.807, 2.05) is 35.0 Å². The largest absolute Gasteiger partial charge is 0.381 e. The number of nitrogens with one attached hydrogen (secondary N) is 2. The molecule has 0 saturated carbocycles. The molecule has 0 unspecified atom stereocenters. The van der Waals surface area contributed by atoms with Crippen LogP contribution in [0.4, 0.5) is 5.82 Å². The van der Waals surface area contributed by atoms with E-state index in [1.54, 1.807) is 6.20 Å². The van der Waals surface area contributed by atoms with Crippen LogP contribution in [0.5, 0.6) is 0 Å². The van der Waals surface area contributed by atoms with Gasteiger partial charge in [-0.15, -0.1) is 11.8 Å². The van der Waals surface area contributed by atoms with E-state index in [9.17, 15) is 9.59 Å². The number of thioether (sulfide) groups is 1. The highest BCUT2D eigenvalue weighted by molar-refractivity contribution is 8.00. The minimum Gasteiger partial charge on any atom is -0.381 e. The van der Waals surface area contributed by atoms with Gasteiger partial charge in [0.1, 0.15) is 5.82 Å². The van der Waals surface area contributed by atoms with Crippen LogP contribution in [0.1, 0.15) is 35.3 Å². The van der Waals surface area contributed by atoms with Crippen LogP contribution >= 0.6 is 11.8 Å². The smallest absolute Gasteiger partial charge is 0.270 e. The molecule has 1 aromatic carbocycles. The van der Waals surface area contributed by atoms with Crippen LogP contribution in [-0.4, -0.2) is 39.6 Å². The summed E-state index contributed by atoms with van der Waals surface area (Å²) in [6.07, 6.45) is 3.37. The van der Waals surface area contributed by atoms with Gasteiger partial charge in [0.15, 0.2) is 0 Å². The first kappa shape index (κ1) is 17.5. The number of nitrogens with zero attached hydrogens (tertiary/aromatic N) is 2. The molecule has 1 fully saturated rings. The maximum absolute atomic E-state index is 13.0. The molecule has 0 bridgehead atoms. The van der Waals surface area contributed by atoms with Crippen molar-refractivity contribution in [1.82, 2.24) is 14.8 Å². The lowest BCUT2D eigenvalue weighted by Gasteiger charge is -2.25. The second kappa shape index (κ2) is 7.10. The quantitative estimate of drug-likeness (QED) is 0.695. The fraction of sp³-hybridized carbons (Fsp3) is 0.350. The first-order valence-corrected chi connectivity index (χ1v) is 10.4. The van der Waals surface area contributed by atoms with E-state index < -0.39 is 0 Å². The van der Waals surface area contributed by atoms with E-state index in [0.717, 1.165) is 29.3 Å². The molecule has 0 spiro atoms. The van der Waals surface area contributed by atoms with Crippen LogP contribution in [0, 0.1) is 0 Å². The number of hydrogen-bond acceptors (Lipinski definition) is 5. The molecule has 2 N–H and O–H groups in total. The van der Waals surface area contributed by atoms with E-state index in [2.05, 4.69) is 15.4 Å². The summed E-state index contributed by atoms with van der Waals surface area (Å²) < 4.78 is 7.29. The Bertz CT molecular complexity index is 1100. The fourth-order valence-electron chi connectivity index (χ4n) is 4.05. The van der Waals surface area contributed by atoms with Crippen LogP contribution < -0.4 is 10.9 Å². The van der Waals surface area contributed by atoms with Gasteiger partial charge in [-0.3, -0.25) is 24.4 Å². The number of para-hydroxylation sites is 1. The number of carbonyl (C=O) groups is 1. The predicted molar refractivity (Wildman–Crippen MR) is 109 cm³/mol. The summed E-state index contributed by atoms with van der Waals surface area (Å²) in [4.78, 5) is 30.0. The monoisotopic (exact) mass is 396 g/mol. The summed E-state index contributed by atoms with van der Waals surface area (Å²) >= 11 is 1.47. The first-order chi connectivity index (χ1) is 13.7. The van der Waals surface area contributed by atoms with Crippen molar-refractivity contribution in [2.75, 3.05) is 24.3 Å². The average Bonchev–Trinajstić information content (AvgIpc) is 2.94. The number of carbonyl (C=O) groups excluding carboxylic acids is 1. The summed E-state index contributed by atoms with van der Waals surface area (Å²) in [5, 5.41) is 6.70. The second-order valence-corrected chi connectivity index (χ2v) is 8.17. The third kappa shape index (κ3) is 2.93. The summed E-state index contributed by atoms with van der Waals surface area (Å²) in [6, 6.07) is 10.0. The van der Waals surface area contributed by atoms with Gasteiger partial charge in [0, 0.05) is 24.8 Å². The third-order valence-electron chi connectivity index (χ3n) is 5.37. The van der Waals surface area contributed by atoms with Crippen molar-refractivity contribution >= 4 is 34.4 Å². The molecule has 2 aliphatic rings. The predicted octanol–water partition coefficient (Wildman–Crippen LogP) is 2.85. The highest BCUT2D eigenvalue weighted by atomic mass is 32.2. The highest BCUT2D eigenvalue weighted by Crippen LogP contribution is 2.42. The van der Waals surface area contributed by atoms with Gasteiger partial charge in [-0.05, 0) is 24.5 Å². The molecule has 7 nitrogen and oxygen atoms in total. The Morgan fingerprint density at radius 1 is 1.14 bits per heavy atom. The highest BCUT2D eigenvalue weighted by Gasteiger charge is 2.33. The van der Waals surface area contributed by atoms with E-state index in [0.29, 0.717) is 24.6 Å². The second-order valence-electron chi connectivity index (χ2n) is 7.08. The molecule has 0 radical (unpaired) electrons. The Morgan fingerprint density at radius 2 is 1.96 bits per heavy atom. The number of rotatable bonds is 2. The van der Waals surface area contributed by atoms with Crippen LogP contribution in [-0.2, 0) is 9.53 Å². The van der Waals surface area contributed by atoms with E-state index in [1.165, 1.54) is 11.8 Å². The molecular weight excluding hydrogens is 376 g/mol. The zero-order valence-electron chi connectivity index (χ0n) is 15.2. The number of anilines is 1. The lowest BCUT2D eigenvalue weighted by molar-refractivity contribution is -0.113. The Balaban J connectivity index is 1.68. The Morgan fingerprint density at radius 3 is 2.82 bits per heavy atom. The molecule has 1 saturated heterocycles. The van der Waals surface area contributed by atoms with Gasteiger partial charge in [-0.2, -0.15) is 0 Å². The maximum Gasteiger partial charge on any atom is 0.270 e. The van der Waals surface area contributed by atoms with Gasteiger partial charge in [0.2, 0.25) is 5.91 Å². The van der Waals surface area contributed by atoms with Gasteiger partial charge in [0.25, 0.3) is 5.56 Å². The zero-order chi connectivity index (χ0) is 19.1. The van der Waals surface area contributed by atoms with Gasteiger partial charge < -0.3 is 10.1 Å². The summed E-state index contributed by atoms with van der Waals surface area (Å²) in [5.74, 6) is 0.780. The van der Waals surface area contributed by atoms with E-state index in [-0.39, 0.29) is 28.5 Å². The van der Waals surface area contributed by atoms with Crippen molar-refractivity contribution in [2.45, 2.75) is 24.1 Å². The van der Waals surface area contributed by atoms with Crippen LogP contribution in [0.25, 0.3) is 10.9 Å². The maximum atomic E-state index is 13.0. The van der Waals surface area contributed by atoms with Crippen molar-refractivity contribution in [3.63, 3.8) is 0 Å². The molecule has 8 heteroatoms. The van der Waals surface area contributed by atoms with Crippen molar-refractivity contribution in [2.24, 2.45) is 0 Å². The molecule has 0 aliphatic carbocycles. The lowest BCUT2D eigenvalue weighted by atomic mass is 10.0. The summed E-state index contributed by atoms with van der Waals surface area (Å²) in [5.41, 5.74) is 2.26. The Labute approximate surface area is 165 Å². The number of amides is 1. The number of aromatic amines is 1. The molecule has 2 aromatic heterocycles. The minimum atomic E-state index is -0.266.